The summed E-state index contributed by atoms with van der Waals surface area (Å²) in [5.74, 6) is 0.655. The van der Waals surface area contributed by atoms with Crippen LogP contribution in [0.15, 0.2) is 36.5 Å². The van der Waals surface area contributed by atoms with Crippen LogP contribution >= 0.6 is 0 Å². The number of carbonyl (C=O) groups excluding carboxylic acids is 1. The second-order valence-corrected chi connectivity index (χ2v) is 3.76. The topological polar surface area (TPSA) is 63.1 Å². The number of rotatable bonds is 3. The Morgan fingerprint density at radius 1 is 1.35 bits per heavy atom. The van der Waals surface area contributed by atoms with E-state index < -0.39 is 0 Å². The first-order valence-electron chi connectivity index (χ1n) is 5.26. The molecule has 2 rings (SSSR count). The number of nitrogens with zero attached hydrogens (tertiary/aromatic N) is 2. The molecule has 0 aliphatic heterocycles. The molecule has 4 heteroatoms. The molecule has 1 N–H and O–H groups in total. The van der Waals surface area contributed by atoms with E-state index in [-0.39, 0.29) is 18.0 Å². The Balaban J connectivity index is 2.17. The molecule has 0 fully saturated rings. The van der Waals surface area contributed by atoms with Gasteiger partial charge in [0.15, 0.2) is 5.78 Å². The van der Waals surface area contributed by atoms with Crippen LogP contribution < -0.4 is 0 Å². The van der Waals surface area contributed by atoms with Gasteiger partial charge in [0.1, 0.15) is 17.3 Å². The second-order valence-electron chi connectivity index (χ2n) is 3.76. The fourth-order valence-electron chi connectivity index (χ4n) is 1.55. The summed E-state index contributed by atoms with van der Waals surface area (Å²) in [5.41, 5.74) is 1.17. The van der Waals surface area contributed by atoms with E-state index in [1.54, 1.807) is 43.5 Å². The number of hydrogen-bond donors (Lipinski definition) is 1. The van der Waals surface area contributed by atoms with Gasteiger partial charge in [-0.2, -0.15) is 0 Å². The third kappa shape index (κ3) is 2.87. The quantitative estimate of drug-likeness (QED) is 0.815. The summed E-state index contributed by atoms with van der Waals surface area (Å²) in [6.07, 6.45) is 1.79. The van der Waals surface area contributed by atoms with Gasteiger partial charge < -0.3 is 5.11 Å². The van der Waals surface area contributed by atoms with E-state index in [0.29, 0.717) is 11.5 Å². The zero-order valence-corrected chi connectivity index (χ0v) is 9.42. The highest BCUT2D eigenvalue weighted by Gasteiger charge is 2.09. The van der Waals surface area contributed by atoms with Gasteiger partial charge >= 0.3 is 0 Å². The standard InChI is InChI=1S/C13H12N2O2/c1-9-14-6-5-12(15-9)13(17)8-10-3-2-4-11(16)7-10/h2-7,16H,8H2,1H3. The van der Waals surface area contributed by atoms with Crippen molar-refractivity contribution in [1.29, 1.82) is 0 Å². The number of aryl methyl sites for hydroxylation is 1. The minimum Gasteiger partial charge on any atom is -0.508 e. The van der Waals surface area contributed by atoms with Gasteiger partial charge in [0.25, 0.3) is 0 Å². The lowest BCUT2D eigenvalue weighted by molar-refractivity contribution is 0.0988. The fourth-order valence-corrected chi connectivity index (χ4v) is 1.55. The van der Waals surface area contributed by atoms with E-state index in [4.69, 9.17) is 0 Å². The summed E-state index contributed by atoms with van der Waals surface area (Å²) in [5, 5.41) is 9.30. The molecule has 0 aliphatic rings. The molecule has 0 amide bonds. The Labute approximate surface area is 99.0 Å². The van der Waals surface area contributed by atoms with Crippen molar-refractivity contribution in [3.05, 3.63) is 53.6 Å². The van der Waals surface area contributed by atoms with E-state index in [1.165, 1.54) is 0 Å². The molecule has 0 atom stereocenters. The molecule has 0 bridgehead atoms. The number of phenols is 1. The minimum absolute atomic E-state index is 0.0823. The summed E-state index contributed by atoms with van der Waals surface area (Å²) < 4.78 is 0. The van der Waals surface area contributed by atoms with Crippen LogP contribution in [-0.4, -0.2) is 20.9 Å². The van der Waals surface area contributed by atoms with Crippen LogP contribution in [0.3, 0.4) is 0 Å². The lowest BCUT2D eigenvalue weighted by Gasteiger charge is -2.02. The van der Waals surface area contributed by atoms with Crippen molar-refractivity contribution in [2.45, 2.75) is 13.3 Å². The fraction of sp³-hybridized carbons (Fsp3) is 0.154. The van der Waals surface area contributed by atoms with Crippen molar-refractivity contribution in [2.75, 3.05) is 0 Å². The number of ketones is 1. The summed E-state index contributed by atoms with van der Waals surface area (Å²) >= 11 is 0. The zero-order valence-electron chi connectivity index (χ0n) is 9.42. The summed E-state index contributed by atoms with van der Waals surface area (Å²) in [6.45, 7) is 1.74. The second kappa shape index (κ2) is 4.74. The van der Waals surface area contributed by atoms with Crippen LogP contribution in [0.5, 0.6) is 5.75 Å². The number of benzene rings is 1. The SMILES string of the molecule is Cc1nccc(C(=O)Cc2cccc(O)c2)n1. The summed E-state index contributed by atoms with van der Waals surface area (Å²) in [6, 6.07) is 8.25. The minimum atomic E-state index is -0.0823. The zero-order chi connectivity index (χ0) is 12.3. The number of aromatic nitrogens is 2. The first kappa shape index (κ1) is 11.3. The molecular weight excluding hydrogens is 216 g/mol. The Bertz CT molecular complexity index is 553. The number of Topliss-reactive ketones (excluding diaryl/α,β-unsaturated/α-hetero) is 1. The van der Waals surface area contributed by atoms with E-state index in [2.05, 4.69) is 9.97 Å². The average Bonchev–Trinajstić information content (AvgIpc) is 2.29. The smallest absolute Gasteiger partial charge is 0.185 e. The highest BCUT2D eigenvalue weighted by molar-refractivity contribution is 5.95. The Morgan fingerprint density at radius 3 is 2.88 bits per heavy atom. The van der Waals surface area contributed by atoms with Crippen molar-refractivity contribution >= 4 is 5.78 Å². The first-order chi connectivity index (χ1) is 8.15. The predicted molar refractivity (Wildman–Crippen MR) is 62.9 cm³/mol. The first-order valence-corrected chi connectivity index (χ1v) is 5.26. The average molecular weight is 228 g/mol. The molecule has 1 aromatic carbocycles. The molecule has 0 unspecified atom stereocenters. The van der Waals surface area contributed by atoms with Gasteiger partial charge in [-0.15, -0.1) is 0 Å². The molecule has 2 aromatic rings. The van der Waals surface area contributed by atoms with Crippen LogP contribution in [0, 0.1) is 6.92 Å². The molecule has 0 saturated carbocycles. The highest BCUT2D eigenvalue weighted by atomic mass is 16.3. The van der Waals surface area contributed by atoms with Crippen LogP contribution in [0.25, 0.3) is 0 Å². The number of carbonyl (C=O) groups is 1. The Hall–Kier alpha value is -2.23. The molecule has 0 radical (unpaired) electrons. The maximum absolute atomic E-state index is 11.9. The largest absolute Gasteiger partial charge is 0.508 e. The van der Waals surface area contributed by atoms with Gasteiger partial charge in [-0.1, -0.05) is 12.1 Å². The molecule has 0 spiro atoms. The third-order valence-electron chi connectivity index (χ3n) is 2.34. The number of hydrogen-bond acceptors (Lipinski definition) is 4. The molecule has 17 heavy (non-hydrogen) atoms. The lowest BCUT2D eigenvalue weighted by atomic mass is 10.1. The maximum atomic E-state index is 11.9. The Kier molecular flexibility index (Phi) is 3.14. The van der Waals surface area contributed by atoms with Crippen molar-refractivity contribution in [2.24, 2.45) is 0 Å². The van der Waals surface area contributed by atoms with Crippen LogP contribution in [0.1, 0.15) is 21.9 Å². The predicted octanol–water partition coefficient (Wildman–Crippen LogP) is 1.92. The van der Waals surface area contributed by atoms with Crippen molar-refractivity contribution < 1.29 is 9.90 Å². The molecule has 4 nitrogen and oxygen atoms in total. The molecule has 0 saturated heterocycles. The van der Waals surface area contributed by atoms with Gasteiger partial charge in [0.05, 0.1) is 0 Å². The van der Waals surface area contributed by atoms with E-state index in [1.807, 2.05) is 0 Å². The van der Waals surface area contributed by atoms with E-state index >= 15 is 0 Å². The van der Waals surface area contributed by atoms with Gasteiger partial charge in [0, 0.05) is 12.6 Å². The molecule has 1 heterocycles. The monoisotopic (exact) mass is 228 g/mol. The number of phenolic OH excluding ortho intramolecular Hbond substituents is 1. The van der Waals surface area contributed by atoms with Gasteiger partial charge in [0.2, 0.25) is 0 Å². The van der Waals surface area contributed by atoms with Gasteiger partial charge in [-0.05, 0) is 30.7 Å². The maximum Gasteiger partial charge on any atom is 0.185 e. The van der Waals surface area contributed by atoms with E-state index in [9.17, 15) is 9.90 Å². The molecular formula is C13H12N2O2. The molecule has 1 aromatic heterocycles. The molecule has 0 aliphatic carbocycles. The summed E-state index contributed by atoms with van der Waals surface area (Å²) in [7, 11) is 0. The Morgan fingerprint density at radius 2 is 2.18 bits per heavy atom. The van der Waals surface area contributed by atoms with Crippen molar-refractivity contribution in [3.63, 3.8) is 0 Å². The number of aromatic hydroxyl groups is 1. The van der Waals surface area contributed by atoms with Crippen LogP contribution in [-0.2, 0) is 6.42 Å². The molecule has 86 valence electrons. The van der Waals surface area contributed by atoms with Gasteiger partial charge in [-0.3, -0.25) is 4.79 Å². The van der Waals surface area contributed by atoms with Gasteiger partial charge in [-0.25, -0.2) is 9.97 Å². The normalized spacial score (nSPS) is 10.2. The third-order valence-corrected chi connectivity index (χ3v) is 2.34. The van der Waals surface area contributed by atoms with Crippen molar-refractivity contribution in [1.82, 2.24) is 9.97 Å². The van der Waals surface area contributed by atoms with Crippen LogP contribution in [0.2, 0.25) is 0 Å². The van der Waals surface area contributed by atoms with Crippen molar-refractivity contribution in [3.8, 4) is 5.75 Å². The highest BCUT2D eigenvalue weighted by Crippen LogP contribution is 2.12. The summed E-state index contributed by atoms with van der Waals surface area (Å²) in [4.78, 5) is 19.9. The lowest BCUT2D eigenvalue weighted by Crippen LogP contribution is -2.07. The van der Waals surface area contributed by atoms with E-state index in [0.717, 1.165) is 5.56 Å². The van der Waals surface area contributed by atoms with Crippen LogP contribution in [0.4, 0.5) is 0 Å².